The lowest BCUT2D eigenvalue weighted by Gasteiger charge is -2.11. The van der Waals surface area contributed by atoms with Gasteiger partial charge in [-0.3, -0.25) is 4.79 Å². The molecule has 0 amide bonds. The van der Waals surface area contributed by atoms with Gasteiger partial charge in [0.1, 0.15) is 5.76 Å². The number of aryl methyl sites for hydroxylation is 1. The maximum absolute atomic E-state index is 12.4. The van der Waals surface area contributed by atoms with Crippen LogP contribution in [0.15, 0.2) is 59.2 Å². The Kier molecular flexibility index (Phi) is 6.39. The fourth-order valence-electron chi connectivity index (χ4n) is 3.10. The molecular formula is C23H22ClNO4. The topological polar surface area (TPSA) is 61.4 Å². The molecule has 0 N–H and O–H groups in total. The molecule has 0 radical (unpaired) electrons. The molecule has 3 rings (SSSR count). The molecule has 2 heterocycles. The number of hydrogen-bond acceptors (Lipinski definition) is 4. The zero-order chi connectivity index (χ0) is 21.0. The van der Waals surface area contributed by atoms with Gasteiger partial charge < -0.3 is 13.7 Å². The van der Waals surface area contributed by atoms with Crippen LogP contribution in [0.25, 0.3) is 6.08 Å². The smallest absolute Gasteiger partial charge is 0.331 e. The molecule has 0 spiro atoms. The van der Waals surface area contributed by atoms with Crippen molar-refractivity contribution in [3.05, 3.63) is 88.1 Å². The van der Waals surface area contributed by atoms with Gasteiger partial charge in [-0.2, -0.15) is 0 Å². The number of Topliss-reactive ketones (excluding diaryl/α,β-unsaturated/α-hetero) is 1. The Balaban J connectivity index is 1.65. The first-order valence-electron chi connectivity index (χ1n) is 9.22. The number of ketones is 1. The number of carbonyl (C=O) groups excluding carboxylic acids is 2. The average Bonchev–Trinajstić information content (AvgIpc) is 3.29. The van der Waals surface area contributed by atoms with Crippen LogP contribution in [0.4, 0.5) is 0 Å². The maximum Gasteiger partial charge on any atom is 0.331 e. The van der Waals surface area contributed by atoms with Crippen molar-refractivity contribution >= 4 is 29.4 Å². The summed E-state index contributed by atoms with van der Waals surface area (Å²) >= 11 is 5.91. The fraction of sp³-hybridized carbons (Fsp3) is 0.217. The third kappa shape index (κ3) is 5.06. The predicted octanol–water partition coefficient (Wildman–Crippen LogP) is 5.23. The van der Waals surface area contributed by atoms with Crippen molar-refractivity contribution in [1.82, 2.24) is 4.57 Å². The highest BCUT2D eigenvalue weighted by atomic mass is 35.5. The van der Waals surface area contributed by atoms with Crippen LogP contribution in [0.5, 0.6) is 0 Å². The molecule has 0 saturated carbocycles. The summed E-state index contributed by atoms with van der Waals surface area (Å²) < 4.78 is 12.8. The molecule has 0 aliphatic carbocycles. The zero-order valence-corrected chi connectivity index (χ0v) is 17.3. The van der Waals surface area contributed by atoms with Gasteiger partial charge in [0.2, 0.25) is 5.78 Å². The average molecular weight is 412 g/mol. The van der Waals surface area contributed by atoms with Gasteiger partial charge >= 0.3 is 5.97 Å². The monoisotopic (exact) mass is 411 g/mol. The number of benzene rings is 1. The van der Waals surface area contributed by atoms with Gasteiger partial charge in [-0.1, -0.05) is 23.7 Å². The largest absolute Gasteiger partial charge is 0.467 e. The van der Waals surface area contributed by atoms with Crippen LogP contribution in [-0.2, 0) is 16.1 Å². The van der Waals surface area contributed by atoms with Crippen molar-refractivity contribution in [2.75, 3.05) is 0 Å². The van der Waals surface area contributed by atoms with E-state index < -0.39 is 12.1 Å². The van der Waals surface area contributed by atoms with Crippen LogP contribution in [-0.4, -0.2) is 22.4 Å². The maximum atomic E-state index is 12.4. The van der Waals surface area contributed by atoms with E-state index >= 15 is 0 Å². The van der Waals surface area contributed by atoms with Crippen molar-refractivity contribution in [1.29, 1.82) is 0 Å². The SMILES string of the molecule is Cc1cc(/C=C/C(=O)OC(C)C(=O)c2cccc(Cl)c2)c(C)n1Cc1ccco1. The van der Waals surface area contributed by atoms with Crippen molar-refractivity contribution in [3.63, 3.8) is 0 Å². The van der Waals surface area contributed by atoms with E-state index in [-0.39, 0.29) is 5.78 Å². The molecule has 0 aliphatic rings. The van der Waals surface area contributed by atoms with Gasteiger partial charge in [-0.05, 0) is 62.7 Å². The van der Waals surface area contributed by atoms with Gasteiger partial charge in [0.05, 0.1) is 12.8 Å². The molecule has 0 bridgehead atoms. The Bertz CT molecular complexity index is 1050. The van der Waals surface area contributed by atoms with Crippen molar-refractivity contribution in [3.8, 4) is 0 Å². The number of rotatable bonds is 7. The van der Waals surface area contributed by atoms with Crippen LogP contribution in [0, 0.1) is 13.8 Å². The zero-order valence-electron chi connectivity index (χ0n) is 16.5. The van der Waals surface area contributed by atoms with Crippen LogP contribution in [0.3, 0.4) is 0 Å². The molecule has 0 fully saturated rings. The fourth-order valence-corrected chi connectivity index (χ4v) is 3.29. The minimum atomic E-state index is -0.906. The summed E-state index contributed by atoms with van der Waals surface area (Å²) in [6.45, 7) is 6.14. The quantitative estimate of drug-likeness (QED) is 0.303. The standard InChI is InChI=1S/C23H22ClNO4/c1-15-12-18(16(2)25(15)14-21-8-5-11-28-21)9-10-22(26)29-17(3)23(27)19-6-4-7-20(24)13-19/h4-13,17H,14H2,1-3H3/b10-9+. The first kappa shape index (κ1) is 20.7. The minimum absolute atomic E-state index is 0.300. The second kappa shape index (κ2) is 8.97. The number of furan rings is 1. The van der Waals surface area contributed by atoms with Crippen LogP contribution < -0.4 is 0 Å². The molecule has 2 aromatic heterocycles. The van der Waals surface area contributed by atoms with Gasteiger partial charge in [0.15, 0.2) is 6.10 Å². The summed E-state index contributed by atoms with van der Waals surface area (Å²) in [4.78, 5) is 24.6. The van der Waals surface area contributed by atoms with E-state index in [9.17, 15) is 9.59 Å². The summed E-state index contributed by atoms with van der Waals surface area (Å²) in [5.74, 6) is -0.0234. The molecule has 5 nitrogen and oxygen atoms in total. The first-order chi connectivity index (χ1) is 13.8. The highest BCUT2D eigenvalue weighted by molar-refractivity contribution is 6.31. The Hall–Kier alpha value is -3.05. The second-order valence-corrected chi connectivity index (χ2v) is 7.22. The van der Waals surface area contributed by atoms with E-state index in [1.54, 1.807) is 43.5 Å². The predicted molar refractivity (Wildman–Crippen MR) is 112 cm³/mol. The molecule has 6 heteroatoms. The number of esters is 1. The van der Waals surface area contributed by atoms with Gasteiger partial charge in [0.25, 0.3) is 0 Å². The Labute approximate surface area is 174 Å². The molecular weight excluding hydrogens is 390 g/mol. The lowest BCUT2D eigenvalue weighted by molar-refractivity contribution is -0.140. The molecule has 1 aromatic carbocycles. The lowest BCUT2D eigenvalue weighted by Crippen LogP contribution is -2.23. The molecule has 29 heavy (non-hydrogen) atoms. The lowest BCUT2D eigenvalue weighted by atomic mass is 10.1. The summed E-state index contributed by atoms with van der Waals surface area (Å²) in [6.07, 6.45) is 3.77. The van der Waals surface area contributed by atoms with E-state index in [2.05, 4.69) is 4.57 Å². The molecule has 1 atom stereocenters. The third-order valence-electron chi connectivity index (χ3n) is 4.68. The van der Waals surface area contributed by atoms with Crippen molar-refractivity contribution < 1.29 is 18.7 Å². The van der Waals surface area contributed by atoms with E-state index in [0.29, 0.717) is 17.1 Å². The number of aromatic nitrogens is 1. The Morgan fingerprint density at radius 1 is 1.21 bits per heavy atom. The third-order valence-corrected chi connectivity index (χ3v) is 4.91. The minimum Gasteiger partial charge on any atom is -0.467 e. The number of ether oxygens (including phenoxy) is 1. The van der Waals surface area contributed by atoms with Crippen molar-refractivity contribution in [2.45, 2.75) is 33.4 Å². The highest BCUT2D eigenvalue weighted by Gasteiger charge is 2.19. The van der Waals surface area contributed by atoms with Crippen LogP contribution in [0.1, 0.15) is 40.0 Å². The molecule has 1 unspecified atom stereocenters. The van der Waals surface area contributed by atoms with E-state index in [0.717, 1.165) is 22.7 Å². The number of nitrogens with zero attached hydrogens (tertiary/aromatic N) is 1. The highest BCUT2D eigenvalue weighted by Crippen LogP contribution is 2.19. The second-order valence-electron chi connectivity index (χ2n) is 6.78. The Morgan fingerprint density at radius 2 is 2.00 bits per heavy atom. The summed E-state index contributed by atoms with van der Waals surface area (Å²) in [5.41, 5.74) is 3.37. The van der Waals surface area contributed by atoms with Gasteiger partial charge in [0, 0.05) is 28.0 Å². The number of carbonyl (C=O) groups is 2. The molecule has 0 aliphatic heterocycles. The molecule has 3 aromatic rings. The van der Waals surface area contributed by atoms with Gasteiger partial charge in [-0.15, -0.1) is 0 Å². The van der Waals surface area contributed by atoms with E-state index in [1.165, 1.54) is 6.08 Å². The van der Waals surface area contributed by atoms with Gasteiger partial charge in [-0.25, -0.2) is 4.79 Å². The van der Waals surface area contributed by atoms with Crippen molar-refractivity contribution in [2.24, 2.45) is 0 Å². The Morgan fingerprint density at radius 3 is 2.69 bits per heavy atom. The van der Waals surface area contributed by atoms with E-state index in [1.807, 2.05) is 32.0 Å². The summed E-state index contributed by atoms with van der Waals surface area (Å²) in [7, 11) is 0. The summed E-state index contributed by atoms with van der Waals surface area (Å²) in [6, 6.07) is 12.3. The van der Waals surface area contributed by atoms with E-state index in [4.69, 9.17) is 20.8 Å². The number of halogens is 1. The number of hydrogen-bond donors (Lipinski definition) is 0. The molecule has 0 saturated heterocycles. The summed E-state index contributed by atoms with van der Waals surface area (Å²) in [5, 5.41) is 0.458. The molecule has 150 valence electrons. The normalized spacial score (nSPS) is 12.3. The van der Waals surface area contributed by atoms with Crippen LogP contribution in [0.2, 0.25) is 5.02 Å². The first-order valence-corrected chi connectivity index (χ1v) is 9.60. The van der Waals surface area contributed by atoms with Crippen LogP contribution >= 0.6 is 11.6 Å².